The fourth-order valence-electron chi connectivity index (χ4n) is 1.32. The largest absolute Gasteiger partial charge is 0.372 e. The first kappa shape index (κ1) is 12.3. The number of anilines is 1. The van der Waals surface area contributed by atoms with E-state index < -0.39 is 5.82 Å². The zero-order valence-electron chi connectivity index (χ0n) is 8.84. The van der Waals surface area contributed by atoms with Gasteiger partial charge in [-0.3, -0.25) is 4.98 Å². The number of halogens is 3. The number of hydrogen-bond donors (Lipinski definition) is 1. The van der Waals surface area contributed by atoms with Crippen LogP contribution in [0.2, 0.25) is 5.02 Å². The second-order valence-corrected chi connectivity index (χ2v) is 4.49. The Labute approximate surface area is 111 Å². The van der Waals surface area contributed by atoms with Crippen LogP contribution < -0.4 is 5.32 Å². The van der Waals surface area contributed by atoms with Gasteiger partial charge < -0.3 is 5.32 Å². The Kier molecular flexibility index (Phi) is 3.59. The van der Waals surface area contributed by atoms with Crippen LogP contribution in [0, 0.1) is 5.82 Å². The molecule has 0 atom stereocenters. The minimum absolute atomic E-state index is 0.0435. The van der Waals surface area contributed by atoms with Crippen LogP contribution in [0.5, 0.6) is 0 Å². The molecule has 1 heterocycles. The summed E-state index contributed by atoms with van der Waals surface area (Å²) in [4.78, 5) is 8.18. The molecule has 1 aromatic heterocycles. The van der Waals surface area contributed by atoms with E-state index in [1.165, 1.54) is 12.4 Å². The highest BCUT2D eigenvalue weighted by atomic mass is 79.9. The van der Waals surface area contributed by atoms with Crippen molar-refractivity contribution in [2.75, 3.05) is 12.4 Å². The lowest BCUT2D eigenvalue weighted by molar-refractivity contribution is 0.630. The molecule has 1 N–H and O–H groups in total. The van der Waals surface area contributed by atoms with Crippen molar-refractivity contribution in [3.05, 3.63) is 39.8 Å². The van der Waals surface area contributed by atoms with Crippen LogP contribution in [0.15, 0.2) is 29.0 Å². The number of nitrogens with one attached hydrogen (secondary N) is 1. The summed E-state index contributed by atoms with van der Waals surface area (Å²) in [7, 11) is 1.74. The summed E-state index contributed by atoms with van der Waals surface area (Å²) >= 11 is 8.97. The first-order valence-corrected chi connectivity index (χ1v) is 5.94. The maximum Gasteiger partial charge on any atom is 0.152 e. The quantitative estimate of drug-likeness (QED) is 0.858. The summed E-state index contributed by atoms with van der Waals surface area (Å²) in [5, 5.41) is 2.88. The van der Waals surface area contributed by atoms with E-state index in [0.717, 1.165) is 0 Å². The zero-order chi connectivity index (χ0) is 12.4. The maximum absolute atomic E-state index is 13.9. The predicted octanol–water partition coefficient (Wildman–Crippen LogP) is 3.74. The monoisotopic (exact) mass is 315 g/mol. The van der Waals surface area contributed by atoms with Crippen molar-refractivity contribution in [1.29, 1.82) is 0 Å². The van der Waals surface area contributed by atoms with Gasteiger partial charge in [0.15, 0.2) is 5.82 Å². The Morgan fingerprint density at radius 1 is 1.29 bits per heavy atom. The molecule has 3 nitrogen and oxygen atoms in total. The lowest BCUT2D eigenvalue weighted by Crippen LogP contribution is -1.95. The molecule has 1 aromatic carbocycles. The van der Waals surface area contributed by atoms with Crippen LogP contribution in [0.25, 0.3) is 11.3 Å². The van der Waals surface area contributed by atoms with Gasteiger partial charge in [0.1, 0.15) is 5.82 Å². The Morgan fingerprint density at radius 3 is 2.65 bits per heavy atom. The molecule has 2 aromatic rings. The van der Waals surface area contributed by atoms with Gasteiger partial charge in [-0.1, -0.05) is 11.6 Å². The third-order valence-electron chi connectivity index (χ3n) is 2.22. The van der Waals surface area contributed by atoms with Crippen LogP contribution in [-0.4, -0.2) is 17.0 Å². The molecule has 0 aliphatic heterocycles. The van der Waals surface area contributed by atoms with Crippen LogP contribution in [0.4, 0.5) is 10.2 Å². The molecule has 0 aliphatic rings. The number of benzene rings is 1. The minimum atomic E-state index is -0.507. The molecule has 0 fully saturated rings. The number of hydrogen-bond acceptors (Lipinski definition) is 3. The van der Waals surface area contributed by atoms with Crippen molar-refractivity contribution < 1.29 is 4.39 Å². The SMILES string of the molecule is CNc1cnc(-c2ccc(Br)c(Cl)c2F)cn1. The summed E-state index contributed by atoms with van der Waals surface area (Å²) in [6, 6.07) is 3.28. The lowest BCUT2D eigenvalue weighted by Gasteiger charge is -2.06. The van der Waals surface area contributed by atoms with Gasteiger partial charge in [0.25, 0.3) is 0 Å². The van der Waals surface area contributed by atoms with Gasteiger partial charge in [0.2, 0.25) is 0 Å². The van der Waals surface area contributed by atoms with E-state index in [1.54, 1.807) is 19.2 Å². The molecule has 0 bridgehead atoms. The standard InChI is InChI=1S/C11H8BrClFN3/c1-15-9-5-16-8(4-17-9)6-2-3-7(12)10(13)11(6)14/h2-5H,1H3,(H,15,17). The molecule has 2 rings (SSSR count). The number of aromatic nitrogens is 2. The average Bonchev–Trinajstić information content (AvgIpc) is 2.36. The van der Waals surface area contributed by atoms with Crippen molar-refractivity contribution >= 4 is 33.3 Å². The van der Waals surface area contributed by atoms with E-state index in [9.17, 15) is 4.39 Å². The molecule has 0 radical (unpaired) electrons. The van der Waals surface area contributed by atoms with E-state index in [2.05, 4.69) is 31.2 Å². The fraction of sp³-hybridized carbons (Fsp3) is 0.0909. The Balaban J connectivity index is 2.49. The van der Waals surface area contributed by atoms with E-state index in [1.807, 2.05) is 0 Å². The first-order valence-electron chi connectivity index (χ1n) is 4.77. The molecule has 88 valence electrons. The third kappa shape index (κ3) is 2.40. The van der Waals surface area contributed by atoms with Gasteiger partial charge in [-0.15, -0.1) is 0 Å². The second kappa shape index (κ2) is 4.98. The molecular weight excluding hydrogens is 308 g/mol. The smallest absolute Gasteiger partial charge is 0.152 e. The van der Waals surface area contributed by atoms with E-state index in [0.29, 0.717) is 21.5 Å². The fourth-order valence-corrected chi connectivity index (χ4v) is 1.79. The summed E-state index contributed by atoms with van der Waals surface area (Å²) in [5.41, 5.74) is 0.768. The van der Waals surface area contributed by atoms with Crippen LogP contribution in [0.3, 0.4) is 0 Å². The average molecular weight is 317 g/mol. The van der Waals surface area contributed by atoms with Crippen molar-refractivity contribution in [2.24, 2.45) is 0 Å². The molecule has 0 saturated carbocycles. The highest BCUT2D eigenvalue weighted by Gasteiger charge is 2.12. The normalized spacial score (nSPS) is 10.4. The number of rotatable bonds is 2. The highest BCUT2D eigenvalue weighted by molar-refractivity contribution is 9.10. The zero-order valence-corrected chi connectivity index (χ0v) is 11.2. The minimum Gasteiger partial charge on any atom is -0.372 e. The Hall–Kier alpha value is -1.20. The van der Waals surface area contributed by atoms with Crippen molar-refractivity contribution in [2.45, 2.75) is 0 Å². The van der Waals surface area contributed by atoms with Crippen LogP contribution >= 0.6 is 27.5 Å². The summed E-state index contributed by atoms with van der Waals surface area (Å²) < 4.78 is 14.4. The van der Waals surface area contributed by atoms with E-state index >= 15 is 0 Å². The molecule has 0 spiro atoms. The van der Waals surface area contributed by atoms with Crippen molar-refractivity contribution in [1.82, 2.24) is 9.97 Å². The second-order valence-electron chi connectivity index (χ2n) is 3.26. The molecule has 0 amide bonds. The van der Waals surface area contributed by atoms with E-state index in [4.69, 9.17) is 11.6 Å². The third-order valence-corrected chi connectivity index (χ3v) is 3.48. The lowest BCUT2D eigenvalue weighted by atomic mass is 10.1. The molecule has 0 unspecified atom stereocenters. The van der Waals surface area contributed by atoms with Gasteiger partial charge in [-0.2, -0.15) is 0 Å². The van der Waals surface area contributed by atoms with E-state index in [-0.39, 0.29) is 5.02 Å². The molecule has 0 aliphatic carbocycles. The first-order chi connectivity index (χ1) is 8.13. The Morgan fingerprint density at radius 2 is 2.06 bits per heavy atom. The number of nitrogens with zero attached hydrogens (tertiary/aromatic N) is 2. The van der Waals surface area contributed by atoms with Gasteiger partial charge in [-0.25, -0.2) is 9.37 Å². The van der Waals surface area contributed by atoms with Crippen LogP contribution in [-0.2, 0) is 0 Å². The Bertz CT molecular complexity index is 545. The van der Waals surface area contributed by atoms with Crippen molar-refractivity contribution in [3.63, 3.8) is 0 Å². The maximum atomic E-state index is 13.9. The molecule has 0 saturated heterocycles. The molecule has 6 heteroatoms. The highest BCUT2D eigenvalue weighted by Crippen LogP contribution is 2.32. The summed E-state index contributed by atoms with van der Waals surface area (Å²) in [6.07, 6.45) is 3.03. The molecule has 17 heavy (non-hydrogen) atoms. The summed E-state index contributed by atoms with van der Waals surface area (Å²) in [5.74, 6) is 0.116. The van der Waals surface area contributed by atoms with Gasteiger partial charge in [0.05, 0.1) is 23.1 Å². The summed E-state index contributed by atoms with van der Waals surface area (Å²) in [6.45, 7) is 0. The van der Waals surface area contributed by atoms with Gasteiger partial charge in [-0.05, 0) is 28.1 Å². The topological polar surface area (TPSA) is 37.8 Å². The van der Waals surface area contributed by atoms with Crippen LogP contribution in [0.1, 0.15) is 0 Å². The van der Waals surface area contributed by atoms with Gasteiger partial charge >= 0.3 is 0 Å². The molecular formula is C11H8BrClFN3. The predicted molar refractivity (Wildman–Crippen MR) is 69.7 cm³/mol. The van der Waals surface area contributed by atoms with Crippen molar-refractivity contribution in [3.8, 4) is 11.3 Å². The van der Waals surface area contributed by atoms with Gasteiger partial charge in [0, 0.05) is 17.1 Å².